The zero-order valence-electron chi connectivity index (χ0n) is 13.9. The lowest BCUT2D eigenvalue weighted by Gasteiger charge is -2.07. The average molecular weight is 421 g/mol. The quantitative estimate of drug-likeness (QED) is 0.553. The molecule has 3 rings (SSSR count). The number of hydrogen-bond acceptors (Lipinski definition) is 5. The molecule has 0 aliphatic rings. The summed E-state index contributed by atoms with van der Waals surface area (Å²) in [6, 6.07) is 12.0. The monoisotopic (exact) mass is 420 g/mol. The van der Waals surface area contributed by atoms with Gasteiger partial charge in [-0.3, -0.25) is 14.9 Å². The normalized spacial score (nSPS) is 10.4. The van der Waals surface area contributed by atoms with Crippen LogP contribution in [-0.2, 0) is 11.2 Å². The van der Waals surface area contributed by atoms with Crippen LogP contribution in [0.15, 0.2) is 48.7 Å². The molecule has 1 amide bonds. The lowest BCUT2D eigenvalue weighted by molar-refractivity contribution is -0.118. The maximum atomic E-state index is 12.1. The van der Waals surface area contributed by atoms with E-state index in [1.165, 1.54) is 11.3 Å². The number of nitrogens with zero attached hydrogens (tertiary/aromatic N) is 1. The summed E-state index contributed by atoms with van der Waals surface area (Å²) in [7, 11) is 0. The Labute approximate surface area is 169 Å². The van der Waals surface area contributed by atoms with E-state index in [0.717, 1.165) is 10.4 Å². The number of thiazole rings is 1. The van der Waals surface area contributed by atoms with Gasteiger partial charge in [-0.05, 0) is 35.9 Å². The van der Waals surface area contributed by atoms with E-state index < -0.39 is 0 Å². The highest BCUT2D eigenvalue weighted by atomic mass is 35.5. The lowest BCUT2D eigenvalue weighted by atomic mass is 10.1. The molecule has 0 unspecified atom stereocenters. The zero-order chi connectivity index (χ0) is 19.2. The topological polar surface area (TPSA) is 68.3 Å². The van der Waals surface area contributed by atoms with Crippen molar-refractivity contribution in [1.29, 1.82) is 0 Å². The summed E-state index contributed by atoms with van der Waals surface area (Å²) in [6.45, 7) is -0.222. The molecule has 1 aromatic heterocycles. The molecule has 0 aliphatic carbocycles. The molecule has 0 bridgehead atoms. The molecule has 0 atom stereocenters. The van der Waals surface area contributed by atoms with Crippen molar-refractivity contribution in [3.05, 3.63) is 74.7 Å². The number of carbonyl (C=O) groups is 2. The number of carbonyl (C=O) groups excluding carboxylic acids is 2. The molecule has 0 saturated carbocycles. The van der Waals surface area contributed by atoms with E-state index in [4.69, 9.17) is 27.9 Å². The Hall–Kier alpha value is -2.41. The number of para-hydroxylation sites is 1. The molecule has 138 valence electrons. The van der Waals surface area contributed by atoms with Gasteiger partial charge in [-0.1, -0.05) is 35.3 Å². The first-order valence-electron chi connectivity index (χ1n) is 7.90. The van der Waals surface area contributed by atoms with Crippen molar-refractivity contribution in [2.24, 2.45) is 0 Å². The summed E-state index contributed by atoms with van der Waals surface area (Å²) in [5.74, 6) is -0.00420. The maximum absolute atomic E-state index is 12.1. The Morgan fingerprint density at radius 1 is 1.22 bits per heavy atom. The average Bonchev–Trinajstić information content (AvgIpc) is 3.10. The second-order valence-electron chi connectivity index (χ2n) is 5.54. The van der Waals surface area contributed by atoms with Crippen molar-refractivity contribution in [2.75, 3.05) is 11.9 Å². The number of aldehydes is 1. The SMILES string of the molecule is O=Cc1ccccc1OCC(=O)Nc1ncc(Cc2cc(Cl)ccc2Cl)s1. The summed E-state index contributed by atoms with van der Waals surface area (Å²) in [5, 5.41) is 4.37. The standard InChI is InChI=1S/C19H14Cl2N2O3S/c20-14-5-6-16(21)13(7-14)8-15-9-22-19(27-15)23-18(25)11-26-17-4-2-1-3-12(17)10-24/h1-7,9-10H,8,11H2,(H,22,23,25). The molecule has 1 N–H and O–H groups in total. The molecule has 3 aromatic rings. The highest BCUT2D eigenvalue weighted by Gasteiger charge is 2.11. The van der Waals surface area contributed by atoms with Crippen molar-refractivity contribution in [1.82, 2.24) is 4.98 Å². The van der Waals surface area contributed by atoms with Crippen LogP contribution < -0.4 is 10.1 Å². The smallest absolute Gasteiger partial charge is 0.264 e. The Balaban J connectivity index is 1.58. The van der Waals surface area contributed by atoms with Crippen LogP contribution in [0.5, 0.6) is 5.75 Å². The van der Waals surface area contributed by atoms with Gasteiger partial charge in [0, 0.05) is 27.5 Å². The maximum Gasteiger partial charge on any atom is 0.264 e. The number of hydrogen-bond donors (Lipinski definition) is 1. The second-order valence-corrected chi connectivity index (χ2v) is 7.50. The van der Waals surface area contributed by atoms with E-state index >= 15 is 0 Å². The van der Waals surface area contributed by atoms with E-state index in [0.29, 0.717) is 39.2 Å². The van der Waals surface area contributed by atoms with Gasteiger partial charge in [0.1, 0.15) is 5.75 Å². The van der Waals surface area contributed by atoms with Crippen LogP contribution in [0.4, 0.5) is 5.13 Å². The molecule has 5 nitrogen and oxygen atoms in total. The largest absolute Gasteiger partial charge is 0.483 e. The number of anilines is 1. The van der Waals surface area contributed by atoms with Gasteiger partial charge in [-0.15, -0.1) is 11.3 Å². The Kier molecular flexibility index (Phi) is 6.45. The third kappa shape index (κ3) is 5.29. The van der Waals surface area contributed by atoms with Crippen LogP contribution in [0.25, 0.3) is 0 Å². The molecule has 27 heavy (non-hydrogen) atoms. The minimum absolute atomic E-state index is 0.222. The Bertz CT molecular complexity index is 975. The van der Waals surface area contributed by atoms with Gasteiger partial charge >= 0.3 is 0 Å². The van der Waals surface area contributed by atoms with Gasteiger partial charge in [0.2, 0.25) is 0 Å². The number of amides is 1. The molecule has 1 heterocycles. The molecule has 8 heteroatoms. The first kappa shape index (κ1) is 19.4. The summed E-state index contributed by atoms with van der Waals surface area (Å²) < 4.78 is 5.39. The van der Waals surface area contributed by atoms with Crippen LogP contribution in [0, 0.1) is 0 Å². The van der Waals surface area contributed by atoms with E-state index in [2.05, 4.69) is 10.3 Å². The lowest BCUT2D eigenvalue weighted by Crippen LogP contribution is -2.20. The molecule has 0 saturated heterocycles. The van der Waals surface area contributed by atoms with Gasteiger partial charge in [0.25, 0.3) is 5.91 Å². The highest BCUT2D eigenvalue weighted by molar-refractivity contribution is 7.15. The minimum Gasteiger partial charge on any atom is -0.483 e. The summed E-state index contributed by atoms with van der Waals surface area (Å²) in [4.78, 5) is 28.1. The number of rotatable bonds is 7. The van der Waals surface area contributed by atoms with E-state index in [1.807, 2.05) is 0 Å². The van der Waals surface area contributed by atoms with E-state index in [-0.39, 0.29) is 12.5 Å². The number of benzene rings is 2. The second kappa shape index (κ2) is 8.99. The van der Waals surface area contributed by atoms with Crippen LogP contribution in [-0.4, -0.2) is 23.8 Å². The predicted octanol–water partition coefficient (Wildman–Crippen LogP) is 4.87. The van der Waals surface area contributed by atoms with Crippen molar-refractivity contribution in [3.8, 4) is 5.75 Å². The van der Waals surface area contributed by atoms with Gasteiger partial charge < -0.3 is 4.74 Å². The van der Waals surface area contributed by atoms with Crippen LogP contribution in [0.3, 0.4) is 0 Å². The van der Waals surface area contributed by atoms with Crippen molar-refractivity contribution >= 4 is 51.9 Å². The first-order chi connectivity index (χ1) is 13.0. The number of halogens is 2. The molecule has 2 aromatic carbocycles. The van der Waals surface area contributed by atoms with Gasteiger partial charge in [-0.25, -0.2) is 4.98 Å². The minimum atomic E-state index is -0.364. The van der Waals surface area contributed by atoms with Crippen LogP contribution in [0.1, 0.15) is 20.8 Å². The van der Waals surface area contributed by atoms with Crippen LogP contribution in [0.2, 0.25) is 10.0 Å². The number of nitrogens with one attached hydrogen (secondary N) is 1. The first-order valence-corrected chi connectivity index (χ1v) is 9.48. The predicted molar refractivity (Wildman–Crippen MR) is 107 cm³/mol. The summed E-state index contributed by atoms with van der Waals surface area (Å²) >= 11 is 13.5. The van der Waals surface area contributed by atoms with Crippen molar-refractivity contribution in [3.63, 3.8) is 0 Å². The van der Waals surface area contributed by atoms with Crippen molar-refractivity contribution in [2.45, 2.75) is 6.42 Å². The Morgan fingerprint density at radius 2 is 2.04 bits per heavy atom. The fraction of sp³-hybridized carbons (Fsp3) is 0.105. The summed E-state index contributed by atoms with van der Waals surface area (Å²) in [5.41, 5.74) is 1.28. The molecule has 0 spiro atoms. The van der Waals surface area contributed by atoms with Gasteiger partial charge in [-0.2, -0.15) is 0 Å². The van der Waals surface area contributed by atoms with E-state index in [9.17, 15) is 9.59 Å². The fourth-order valence-corrected chi connectivity index (χ4v) is 3.55. The van der Waals surface area contributed by atoms with Crippen LogP contribution >= 0.6 is 34.5 Å². The molecular weight excluding hydrogens is 407 g/mol. The van der Waals surface area contributed by atoms with Crippen molar-refractivity contribution < 1.29 is 14.3 Å². The summed E-state index contributed by atoms with van der Waals surface area (Å²) in [6.07, 6.45) is 2.93. The van der Waals surface area contributed by atoms with E-state index in [1.54, 1.807) is 48.7 Å². The molecule has 0 fully saturated rings. The van der Waals surface area contributed by atoms with Gasteiger partial charge in [0.05, 0.1) is 5.56 Å². The zero-order valence-corrected chi connectivity index (χ0v) is 16.3. The Morgan fingerprint density at radius 3 is 2.85 bits per heavy atom. The number of aromatic nitrogens is 1. The van der Waals surface area contributed by atoms with Gasteiger partial charge in [0.15, 0.2) is 18.0 Å². The number of ether oxygens (including phenoxy) is 1. The third-order valence-corrected chi connectivity index (χ3v) is 5.09. The highest BCUT2D eigenvalue weighted by Crippen LogP contribution is 2.27. The molecule has 0 radical (unpaired) electrons. The molecule has 0 aliphatic heterocycles. The third-order valence-electron chi connectivity index (χ3n) is 3.58. The fourth-order valence-electron chi connectivity index (χ4n) is 2.32. The molecular formula is C19H14Cl2N2O3S.